The summed E-state index contributed by atoms with van der Waals surface area (Å²) in [6.07, 6.45) is 9.77. The van der Waals surface area contributed by atoms with Gasteiger partial charge in [0, 0.05) is 38.8 Å². The number of aldehydes is 1. The van der Waals surface area contributed by atoms with Crippen LogP contribution >= 0.6 is 0 Å². The number of nitrogens with zero attached hydrogens (tertiary/aromatic N) is 1. The lowest BCUT2D eigenvalue weighted by Gasteiger charge is -2.64. The maximum Gasteiger partial charge on any atom is 0.149 e. The van der Waals surface area contributed by atoms with E-state index in [0.29, 0.717) is 12.3 Å². The summed E-state index contributed by atoms with van der Waals surface area (Å²) in [6.45, 7) is 21.6. The fourth-order valence-corrected chi connectivity index (χ4v) is 12.2. The monoisotopic (exact) mass is 623 g/mol. The Morgan fingerprint density at radius 3 is 2.48 bits per heavy atom. The number of aliphatic hydroxyl groups excluding tert-OH is 2. The van der Waals surface area contributed by atoms with Gasteiger partial charge in [-0.15, -0.1) is 0 Å². The van der Waals surface area contributed by atoms with Crippen molar-refractivity contribution in [2.45, 2.75) is 116 Å². The van der Waals surface area contributed by atoms with Gasteiger partial charge in [0.1, 0.15) is 12.0 Å². The lowest BCUT2D eigenvalue weighted by Crippen LogP contribution is -2.62. The molecule has 1 aliphatic heterocycles. The minimum absolute atomic E-state index is 0.167. The Hall–Kier alpha value is -2.93. The molecule has 0 amide bonds. The number of rotatable bonds is 3. The van der Waals surface area contributed by atoms with Crippen LogP contribution < -0.4 is 0 Å². The van der Waals surface area contributed by atoms with Gasteiger partial charge in [-0.2, -0.15) is 0 Å². The molecule has 6 nitrogen and oxygen atoms in total. The van der Waals surface area contributed by atoms with Gasteiger partial charge in [0.2, 0.25) is 0 Å². The van der Waals surface area contributed by atoms with E-state index < -0.39 is 28.8 Å². The first-order valence-electron chi connectivity index (χ1n) is 17.2. The molecule has 3 N–H and O–H groups in total. The molecule has 0 spiro atoms. The minimum atomic E-state index is -0.818. The van der Waals surface area contributed by atoms with Crippen molar-refractivity contribution in [3.05, 3.63) is 59.0 Å². The fourth-order valence-electron chi connectivity index (χ4n) is 12.2. The van der Waals surface area contributed by atoms with Crippen molar-refractivity contribution in [2.24, 2.45) is 28.6 Å². The molecular weight excluding hydrogens is 574 g/mol. The van der Waals surface area contributed by atoms with Crippen molar-refractivity contribution in [3.63, 3.8) is 0 Å². The van der Waals surface area contributed by atoms with Gasteiger partial charge in [-0.25, -0.2) is 0 Å². The van der Waals surface area contributed by atoms with Gasteiger partial charge in [-0.05, 0) is 124 Å². The Morgan fingerprint density at radius 1 is 1.09 bits per heavy atom. The molecule has 2 saturated carbocycles. The molecule has 2 fully saturated rings. The van der Waals surface area contributed by atoms with Crippen LogP contribution in [0.15, 0.2) is 30.9 Å². The second kappa shape index (κ2) is 8.94. The van der Waals surface area contributed by atoms with Crippen molar-refractivity contribution < 1.29 is 24.9 Å². The van der Waals surface area contributed by atoms with Crippen LogP contribution in [0.2, 0.25) is 0 Å². The predicted octanol–water partition coefficient (Wildman–Crippen LogP) is 7.67. The molecule has 46 heavy (non-hydrogen) atoms. The zero-order chi connectivity index (χ0) is 33.1. The molecule has 1 aromatic carbocycles. The average Bonchev–Trinajstić information content (AvgIpc) is 3.62. The number of carbonyl (C=O) groups is 1. The summed E-state index contributed by atoms with van der Waals surface area (Å²) in [5, 5.41) is 37.7. The topological polar surface area (TPSA) is 91.4 Å². The second-order valence-electron chi connectivity index (χ2n) is 17.1. The van der Waals surface area contributed by atoms with E-state index in [2.05, 4.69) is 71.6 Å². The molecule has 0 saturated heterocycles. The van der Waals surface area contributed by atoms with E-state index >= 15 is 0 Å². The van der Waals surface area contributed by atoms with E-state index in [1.807, 2.05) is 13.0 Å². The summed E-state index contributed by atoms with van der Waals surface area (Å²) >= 11 is 0. The highest BCUT2D eigenvalue weighted by Gasteiger charge is 2.67. The van der Waals surface area contributed by atoms with Crippen LogP contribution in [-0.2, 0) is 21.4 Å². The summed E-state index contributed by atoms with van der Waals surface area (Å²) in [5.74, 6) is 0.540. The van der Waals surface area contributed by atoms with Crippen LogP contribution in [0.25, 0.3) is 27.4 Å². The largest absolute Gasteiger partial charge is 0.505 e. The lowest BCUT2D eigenvalue weighted by molar-refractivity contribution is -0.144. The van der Waals surface area contributed by atoms with Gasteiger partial charge in [0.05, 0.1) is 34.6 Å². The summed E-state index contributed by atoms with van der Waals surface area (Å²) < 4.78 is 8.84. The van der Waals surface area contributed by atoms with Crippen molar-refractivity contribution in [1.29, 1.82) is 0 Å². The highest BCUT2D eigenvalue weighted by molar-refractivity contribution is 6.11. The normalized spacial score (nSPS) is 38.8. The number of allylic oxidation sites excluding steroid dienone is 2. The van der Waals surface area contributed by atoms with Gasteiger partial charge in [0.15, 0.2) is 0 Å². The molecule has 5 aliphatic rings. The number of fused-ring (bicyclic) bond motifs is 11. The third-order valence-electron chi connectivity index (χ3n) is 14.0. The van der Waals surface area contributed by atoms with E-state index in [9.17, 15) is 20.1 Å². The van der Waals surface area contributed by atoms with E-state index in [1.165, 1.54) is 11.3 Å². The SMILES string of the molecule is C=C(C)c1c(O)c2c3c(cc4c5c(n1c42)C1(C)C(CCC2[C@](C)(C=CC=O)[C@@H](O)CC[C@@]21C)C5)C1=CC(C)(C)OC(C)(C)C1[C@@H]3O. The standard InChI is InChI=1S/C40H49NO5/c1-20(2)31-34(45)29-28-22(25-19-36(3,4)46-37(5,6)30(25)33(28)44)18-23-24-17-21-11-12-26-38(7,14-10-16-42)27(43)13-15-39(26,8)40(21,9)35(24)41(31)32(23)29/h10,14,16,18-19,21,26-27,30,33,43-45H,1,11-13,15,17H2,2-9H3/t21?,26?,27-,30?,33+,38-,39-,40?/m0/s1. The van der Waals surface area contributed by atoms with Gasteiger partial charge in [-0.1, -0.05) is 33.4 Å². The van der Waals surface area contributed by atoms with Crippen molar-refractivity contribution in [2.75, 3.05) is 0 Å². The first-order chi connectivity index (χ1) is 21.4. The van der Waals surface area contributed by atoms with Crippen LogP contribution in [0.5, 0.6) is 5.75 Å². The van der Waals surface area contributed by atoms with Crippen LogP contribution in [-0.4, -0.2) is 43.3 Å². The number of carbonyl (C=O) groups excluding carboxylic acids is 1. The third-order valence-corrected chi connectivity index (χ3v) is 14.0. The summed E-state index contributed by atoms with van der Waals surface area (Å²) in [6, 6.07) is 2.31. The van der Waals surface area contributed by atoms with E-state index in [4.69, 9.17) is 4.74 Å². The van der Waals surface area contributed by atoms with Crippen LogP contribution in [0.1, 0.15) is 115 Å². The summed E-state index contributed by atoms with van der Waals surface area (Å²) in [7, 11) is 0. The second-order valence-corrected chi connectivity index (χ2v) is 17.1. The number of aliphatic hydroxyl groups is 2. The number of aromatic nitrogens is 1. The molecule has 6 heteroatoms. The molecule has 3 aromatic rings. The number of ether oxygens (including phenoxy) is 1. The van der Waals surface area contributed by atoms with Gasteiger partial charge in [0.25, 0.3) is 0 Å². The predicted molar refractivity (Wildman–Crippen MR) is 182 cm³/mol. The zero-order valence-corrected chi connectivity index (χ0v) is 28.6. The third kappa shape index (κ3) is 3.31. The van der Waals surface area contributed by atoms with Crippen molar-refractivity contribution in [1.82, 2.24) is 4.40 Å². The van der Waals surface area contributed by atoms with E-state index in [1.54, 1.807) is 6.08 Å². The highest BCUT2D eigenvalue weighted by atomic mass is 16.5. The number of aromatic hydroxyl groups is 1. The molecule has 0 bridgehead atoms. The quantitative estimate of drug-likeness (QED) is 0.206. The minimum Gasteiger partial charge on any atom is -0.505 e. The molecule has 8 rings (SSSR count). The van der Waals surface area contributed by atoms with Crippen LogP contribution in [0.3, 0.4) is 0 Å². The summed E-state index contributed by atoms with van der Waals surface area (Å²) in [5.41, 5.74) is 6.01. The number of hydrogen-bond donors (Lipinski definition) is 3. The Balaban J connectivity index is 1.45. The molecule has 4 aliphatic carbocycles. The highest BCUT2D eigenvalue weighted by Crippen LogP contribution is 2.71. The number of benzene rings is 1. The molecule has 0 radical (unpaired) electrons. The van der Waals surface area contributed by atoms with Crippen LogP contribution in [0, 0.1) is 28.6 Å². The maximum absolute atomic E-state index is 12.2. The van der Waals surface area contributed by atoms with E-state index in [-0.39, 0.29) is 28.4 Å². The molecule has 3 heterocycles. The molecule has 2 aromatic heterocycles. The zero-order valence-electron chi connectivity index (χ0n) is 28.6. The van der Waals surface area contributed by atoms with Gasteiger partial charge >= 0.3 is 0 Å². The first kappa shape index (κ1) is 30.4. The van der Waals surface area contributed by atoms with Crippen LogP contribution in [0.4, 0.5) is 0 Å². The lowest BCUT2D eigenvalue weighted by atomic mass is 9.40. The smallest absolute Gasteiger partial charge is 0.149 e. The molecule has 4 unspecified atom stereocenters. The van der Waals surface area contributed by atoms with Crippen molar-refractivity contribution >= 4 is 33.7 Å². The molecular formula is C40H49NO5. The Morgan fingerprint density at radius 2 is 1.80 bits per heavy atom. The Bertz CT molecular complexity index is 1920. The van der Waals surface area contributed by atoms with Crippen molar-refractivity contribution in [3.8, 4) is 5.75 Å². The summed E-state index contributed by atoms with van der Waals surface area (Å²) in [4.78, 5) is 11.5. The van der Waals surface area contributed by atoms with Gasteiger partial charge in [-0.3, -0.25) is 4.79 Å². The Labute approximate surface area is 272 Å². The van der Waals surface area contributed by atoms with Gasteiger partial charge < -0.3 is 24.5 Å². The first-order valence-corrected chi connectivity index (χ1v) is 17.2. The van der Waals surface area contributed by atoms with E-state index in [0.717, 1.165) is 76.2 Å². The number of hydrogen-bond acceptors (Lipinski definition) is 5. The fraction of sp³-hybridized carbons (Fsp3) is 0.575. The maximum atomic E-state index is 12.2. The Kier molecular flexibility index (Phi) is 5.91. The molecule has 244 valence electrons. The average molecular weight is 624 g/mol. The molecule has 8 atom stereocenters.